The number of hydrogen-bond acceptors (Lipinski definition) is 3. The van der Waals surface area contributed by atoms with Gasteiger partial charge in [-0.25, -0.2) is 4.79 Å². The molecule has 96 valence electrons. The summed E-state index contributed by atoms with van der Waals surface area (Å²) in [7, 11) is 0. The maximum atomic E-state index is 11.6. The first-order valence-corrected chi connectivity index (χ1v) is 6.71. The van der Waals surface area contributed by atoms with Crippen LogP contribution in [0.3, 0.4) is 0 Å². The van der Waals surface area contributed by atoms with E-state index in [-0.39, 0.29) is 18.2 Å². The van der Waals surface area contributed by atoms with Gasteiger partial charge in [0, 0.05) is 5.92 Å². The van der Waals surface area contributed by atoms with E-state index in [1.807, 2.05) is 6.92 Å². The predicted octanol–water partition coefficient (Wildman–Crippen LogP) is 2.44. The van der Waals surface area contributed by atoms with Crippen LogP contribution in [0.15, 0.2) is 24.3 Å². The molecule has 0 radical (unpaired) electrons. The molecule has 1 saturated heterocycles. The number of ether oxygens (including phenoxy) is 2. The molecule has 1 heterocycles. The molecule has 1 aromatic rings. The molecule has 0 bridgehead atoms. The summed E-state index contributed by atoms with van der Waals surface area (Å²) in [5.41, 5.74) is 2.77. The van der Waals surface area contributed by atoms with E-state index in [1.54, 1.807) is 0 Å². The number of aryl methyl sites for hydroxylation is 1. The Bertz CT molecular complexity index is 455. The fourth-order valence-corrected chi connectivity index (χ4v) is 2.98. The molecule has 3 heteroatoms. The van der Waals surface area contributed by atoms with Crippen molar-refractivity contribution in [1.29, 1.82) is 0 Å². The van der Waals surface area contributed by atoms with Crippen molar-refractivity contribution in [3.63, 3.8) is 0 Å². The Morgan fingerprint density at radius 1 is 1.44 bits per heavy atom. The Kier molecular flexibility index (Phi) is 3.08. The first-order chi connectivity index (χ1) is 8.81. The molecule has 0 N–H and O–H groups in total. The van der Waals surface area contributed by atoms with Crippen molar-refractivity contribution in [2.75, 3.05) is 6.61 Å². The van der Waals surface area contributed by atoms with Crippen LogP contribution in [0.2, 0.25) is 0 Å². The standard InChI is InChI=1S/C15H18O3/c1-2-17-15(16)14-13(18-14)12-9-5-7-10-6-3-4-8-11(10)12/h3-4,6,8,12-14H,2,5,7,9H2,1H3/t12-,13-,14+/m1/s1. The lowest BCUT2D eigenvalue weighted by molar-refractivity contribution is -0.144. The summed E-state index contributed by atoms with van der Waals surface area (Å²) in [5.74, 6) is 0.162. The van der Waals surface area contributed by atoms with Gasteiger partial charge in [-0.1, -0.05) is 24.3 Å². The number of rotatable bonds is 3. The number of benzene rings is 1. The highest BCUT2D eigenvalue weighted by Gasteiger charge is 2.51. The summed E-state index contributed by atoms with van der Waals surface area (Å²) in [5, 5.41) is 0. The maximum Gasteiger partial charge on any atom is 0.338 e. The second-order valence-corrected chi connectivity index (χ2v) is 4.97. The van der Waals surface area contributed by atoms with Crippen LogP contribution in [0.1, 0.15) is 36.8 Å². The number of hydrogen-bond donors (Lipinski definition) is 0. The fraction of sp³-hybridized carbons (Fsp3) is 0.533. The summed E-state index contributed by atoms with van der Waals surface area (Å²) in [6.07, 6.45) is 3.13. The van der Waals surface area contributed by atoms with Gasteiger partial charge in [0.05, 0.1) is 6.61 Å². The minimum Gasteiger partial charge on any atom is -0.464 e. The average molecular weight is 246 g/mol. The summed E-state index contributed by atoms with van der Waals surface area (Å²) in [6, 6.07) is 8.50. The topological polar surface area (TPSA) is 38.8 Å². The van der Waals surface area contributed by atoms with E-state index < -0.39 is 0 Å². The molecule has 0 unspecified atom stereocenters. The van der Waals surface area contributed by atoms with Gasteiger partial charge in [-0.15, -0.1) is 0 Å². The zero-order valence-electron chi connectivity index (χ0n) is 10.6. The van der Waals surface area contributed by atoms with Crippen molar-refractivity contribution in [3.05, 3.63) is 35.4 Å². The molecule has 18 heavy (non-hydrogen) atoms. The normalized spacial score (nSPS) is 29.5. The van der Waals surface area contributed by atoms with Gasteiger partial charge >= 0.3 is 5.97 Å². The van der Waals surface area contributed by atoms with Gasteiger partial charge in [-0.3, -0.25) is 0 Å². The molecule has 0 spiro atoms. The lowest BCUT2D eigenvalue weighted by Crippen LogP contribution is -2.20. The summed E-state index contributed by atoms with van der Waals surface area (Å²) in [4.78, 5) is 11.6. The average Bonchev–Trinajstić information content (AvgIpc) is 3.18. The van der Waals surface area contributed by atoms with E-state index in [2.05, 4.69) is 24.3 Å². The van der Waals surface area contributed by atoms with Gasteiger partial charge < -0.3 is 9.47 Å². The van der Waals surface area contributed by atoms with Gasteiger partial charge in [-0.05, 0) is 37.3 Å². The Morgan fingerprint density at radius 3 is 3.11 bits per heavy atom. The van der Waals surface area contributed by atoms with Crippen LogP contribution in [0.25, 0.3) is 0 Å². The van der Waals surface area contributed by atoms with Crippen molar-refractivity contribution in [2.24, 2.45) is 0 Å². The van der Waals surface area contributed by atoms with Crippen molar-refractivity contribution in [1.82, 2.24) is 0 Å². The first kappa shape index (κ1) is 11.7. The second kappa shape index (κ2) is 4.73. The summed E-state index contributed by atoms with van der Waals surface area (Å²) < 4.78 is 10.6. The molecular formula is C15H18O3. The van der Waals surface area contributed by atoms with E-state index in [0.717, 1.165) is 12.8 Å². The van der Waals surface area contributed by atoms with Gasteiger partial charge in [0.15, 0.2) is 6.10 Å². The van der Waals surface area contributed by atoms with Crippen molar-refractivity contribution in [2.45, 2.75) is 44.3 Å². The zero-order chi connectivity index (χ0) is 12.5. The Labute approximate surface area is 107 Å². The van der Waals surface area contributed by atoms with Crippen LogP contribution < -0.4 is 0 Å². The lowest BCUT2D eigenvalue weighted by Gasteiger charge is -2.24. The van der Waals surface area contributed by atoms with Gasteiger partial charge in [-0.2, -0.15) is 0 Å². The number of esters is 1. The Morgan fingerprint density at radius 2 is 2.28 bits per heavy atom. The highest BCUT2D eigenvalue weighted by molar-refractivity contribution is 5.78. The van der Waals surface area contributed by atoms with E-state index in [4.69, 9.17) is 9.47 Å². The van der Waals surface area contributed by atoms with Crippen LogP contribution in [0.5, 0.6) is 0 Å². The smallest absolute Gasteiger partial charge is 0.338 e. The fourth-order valence-electron chi connectivity index (χ4n) is 2.98. The maximum absolute atomic E-state index is 11.6. The van der Waals surface area contributed by atoms with Crippen molar-refractivity contribution in [3.8, 4) is 0 Å². The molecule has 0 saturated carbocycles. The van der Waals surface area contributed by atoms with E-state index in [9.17, 15) is 4.79 Å². The van der Waals surface area contributed by atoms with Crippen LogP contribution in [0, 0.1) is 0 Å². The molecule has 1 fully saturated rings. The minimum absolute atomic E-state index is 0.0329. The van der Waals surface area contributed by atoms with Crippen LogP contribution in [0.4, 0.5) is 0 Å². The third-order valence-electron chi connectivity index (χ3n) is 3.86. The van der Waals surface area contributed by atoms with Gasteiger partial charge in [0.2, 0.25) is 0 Å². The third-order valence-corrected chi connectivity index (χ3v) is 3.86. The van der Waals surface area contributed by atoms with Gasteiger partial charge in [0.1, 0.15) is 6.10 Å². The summed E-state index contributed by atoms with van der Waals surface area (Å²) >= 11 is 0. The molecule has 1 aliphatic heterocycles. The molecule has 3 rings (SSSR count). The molecule has 0 amide bonds. The SMILES string of the molecule is CCOC(=O)[C@H]1O[C@@H]1[C@@H]1CCCc2ccccc21. The highest BCUT2D eigenvalue weighted by Crippen LogP contribution is 2.43. The molecule has 0 aromatic heterocycles. The number of epoxide rings is 1. The van der Waals surface area contributed by atoms with Crippen molar-refractivity contribution < 1.29 is 14.3 Å². The van der Waals surface area contributed by atoms with E-state index in [0.29, 0.717) is 12.5 Å². The third kappa shape index (κ3) is 2.03. The molecule has 3 nitrogen and oxygen atoms in total. The van der Waals surface area contributed by atoms with Crippen LogP contribution in [-0.2, 0) is 20.7 Å². The Balaban J connectivity index is 1.74. The first-order valence-electron chi connectivity index (χ1n) is 6.71. The molecule has 2 aliphatic rings. The lowest BCUT2D eigenvalue weighted by atomic mass is 9.80. The van der Waals surface area contributed by atoms with E-state index in [1.165, 1.54) is 17.5 Å². The second-order valence-electron chi connectivity index (χ2n) is 4.97. The minimum atomic E-state index is -0.332. The van der Waals surface area contributed by atoms with Crippen LogP contribution in [-0.4, -0.2) is 24.8 Å². The molecular weight excluding hydrogens is 228 g/mol. The summed E-state index contributed by atoms with van der Waals surface area (Å²) in [6.45, 7) is 2.25. The number of carbonyl (C=O) groups is 1. The quantitative estimate of drug-likeness (QED) is 0.607. The van der Waals surface area contributed by atoms with Gasteiger partial charge in [0.25, 0.3) is 0 Å². The molecule has 1 aliphatic carbocycles. The Hall–Kier alpha value is -1.35. The molecule has 3 atom stereocenters. The highest BCUT2D eigenvalue weighted by atomic mass is 16.6. The van der Waals surface area contributed by atoms with Crippen LogP contribution >= 0.6 is 0 Å². The number of fused-ring (bicyclic) bond motifs is 1. The van der Waals surface area contributed by atoms with E-state index >= 15 is 0 Å². The largest absolute Gasteiger partial charge is 0.464 e. The predicted molar refractivity (Wildman–Crippen MR) is 67.4 cm³/mol. The van der Waals surface area contributed by atoms with Crippen molar-refractivity contribution >= 4 is 5.97 Å². The zero-order valence-corrected chi connectivity index (χ0v) is 10.6. The number of carbonyl (C=O) groups excluding carboxylic acids is 1. The monoisotopic (exact) mass is 246 g/mol. The molecule has 1 aromatic carbocycles.